The second-order valence-corrected chi connectivity index (χ2v) is 6.47. The number of aryl methyl sites for hydroxylation is 3. The van der Waals surface area contributed by atoms with Crippen molar-refractivity contribution in [2.45, 2.75) is 41.0 Å². The maximum absolute atomic E-state index is 13.1. The van der Waals surface area contributed by atoms with Crippen molar-refractivity contribution in [3.05, 3.63) is 51.6 Å². The van der Waals surface area contributed by atoms with E-state index in [1.165, 1.54) is 0 Å². The normalized spacial score (nSPS) is 10.6. The van der Waals surface area contributed by atoms with Gasteiger partial charge in [0.1, 0.15) is 0 Å². The summed E-state index contributed by atoms with van der Waals surface area (Å²) in [5, 5.41) is 0. The maximum Gasteiger partial charge on any atom is 0.203 e. The predicted octanol–water partition coefficient (Wildman–Crippen LogP) is 4.76. The molecule has 0 aliphatic carbocycles. The van der Waals surface area contributed by atoms with Gasteiger partial charge in [0.2, 0.25) is 5.75 Å². The van der Waals surface area contributed by atoms with Crippen LogP contribution in [0.25, 0.3) is 0 Å². The molecule has 26 heavy (non-hydrogen) atoms. The van der Waals surface area contributed by atoms with Crippen LogP contribution in [0.5, 0.6) is 17.2 Å². The maximum atomic E-state index is 13.1. The Hall–Kier alpha value is -2.49. The van der Waals surface area contributed by atoms with Crippen LogP contribution in [0.1, 0.15) is 45.1 Å². The molecule has 0 aromatic heterocycles. The van der Waals surface area contributed by atoms with Crippen molar-refractivity contribution in [3.63, 3.8) is 0 Å². The topological polar surface area (TPSA) is 44.8 Å². The largest absolute Gasteiger partial charge is 0.493 e. The SMILES string of the molecule is CCOc1c(CC(=O)c2c(C)ccc(C)c2C)c(C)cc(OC)c1OC. The summed E-state index contributed by atoms with van der Waals surface area (Å²) in [6.45, 7) is 10.4. The van der Waals surface area contributed by atoms with Gasteiger partial charge in [-0.05, 0) is 62.9 Å². The summed E-state index contributed by atoms with van der Waals surface area (Å²) < 4.78 is 16.8. The van der Waals surface area contributed by atoms with Gasteiger partial charge in [-0.1, -0.05) is 12.1 Å². The zero-order valence-electron chi connectivity index (χ0n) is 16.8. The van der Waals surface area contributed by atoms with Crippen LogP contribution in [0.4, 0.5) is 0 Å². The quantitative estimate of drug-likeness (QED) is 0.671. The highest BCUT2D eigenvalue weighted by atomic mass is 16.5. The average molecular weight is 356 g/mol. The molecule has 2 aromatic carbocycles. The summed E-state index contributed by atoms with van der Waals surface area (Å²) >= 11 is 0. The second-order valence-electron chi connectivity index (χ2n) is 6.47. The van der Waals surface area contributed by atoms with Gasteiger partial charge >= 0.3 is 0 Å². The van der Waals surface area contributed by atoms with Crippen molar-refractivity contribution in [2.24, 2.45) is 0 Å². The first kappa shape index (κ1) is 19.8. The Morgan fingerprint density at radius 1 is 0.923 bits per heavy atom. The van der Waals surface area contributed by atoms with Crippen LogP contribution in [0.2, 0.25) is 0 Å². The van der Waals surface area contributed by atoms with Gasteiger partial charge in [-0.15, -0.1) is 0 Å². The molecule has 4 heteroatoms. The lowest BCUT2D eigenvalue weighted by molar-refractivity contribution is 0.0990. The van der Waals surface area contributed by atoms with Gasteiger partial charge in [0, 0.05) is 17.5 Å². The highest BCUT2D eigenvalue weighted by Crippen LogP contribution is 2.42. The number of rotatable bonds is 7. The first-order valence-corrected chi connectivity index (χ1v) is 8.82. The molecule has 0 aliphatic rings. The van der Waals surface area contributed by atoms with E-state index in [0.717, 1.165) is 33.4 Å². The molecule has 0 aliphatic heterocycles. The molecule has 0 fully saturated rings. The van der Waals surface area contributed by atoms with Crippen molar-refractivity contribution < 1.29 is 19.0 Å². The van der Waals surface area contributed by atoms with Crippen LogP contribution >= 0.6 is 0 Å². The lowest BCUT2D eigenvalue weighted by atomic mass is 9.91. The Bertz CT molecular complexity index is 822. The van der Waals surface area contributed by atoms with Gasteiger partial charge in [-0.25, -0.2) is 0 Å². The average Bonchev–Trinajstić information content (AvgIpc) is 2.61. The van der Waals surface area contributed by atoms with Crippen molar-refractivity contribution in [3.8, 4) is 17.2 Å². The highest BCUT2D eigenvalue weighted by molar-refractivity contribution is 6.01. The third-order valence-electron chi connectivity index (χ3n) is 4.80. The summed E-state index contributed by atoms with van der Waals surface area (Å²) in [5.41, 5.74) is 5.73. The second kappa shape index (κ2) is 8.26. The molecule has 2 rings (SSSR count). The molecule has 0 N–H and O–H groups in total. The van der Waals surface area contributed by atoms with Crippen molar-refractivity contribution in [1.82, 2.24) is 0 Å². The summed E-state index contributed by atoms with van der Waals surface area (Å²) in [6.07, 6.45) is 0.257. The summed E-state index contributed by atoms with van der Waals surface area (Å²) in [6, 6.07) is 5.94. The minimum absolute atomic E-state index is 0.0833. The molecule has 0 spiro atoms. The summed E-state index contributed by atoms with van der Waals surface area (Å²) in [7, 11) is 3.17. The number of methoxy groups -OCH3 is 2. The Morgan fingerprint density at radius 2 is 1.58 bits per heavy atom. The van der Waals surface area contributed by atoms with Crippen LogP contribution in [-0.2, 0) is 6.42 Å². The number of ether oxygens (including phenoxy) is 3. The molecule has 0 saturated carbocycles. The van der Waals surface area contributed by atoms with Crippen molar-refractivity contribution >= 4 is 5.78 Å². The molecule has 0 unspecified atom stereocenters. The number of Topliss-reactive ketones (excluding diaryl/α,β-unsaturated/α-hetero) is 1. The number of carbonyl (C=O) groups is 1. The Labute approximate surface area is 156 Å². The monoisotopic (exact) mass is 356 g/mol. The molecular weight excluding hydrogens is 328 g/mol. The first-order chi connectivity index (χ1) is 12.3. The molecule has 140 valence electrons. The number of carbonyl (C=O) groups excluding carboxylic acids is 1. The molecule has 0 heterocycles. The van der Waals surface area contributed by atoms with E-state index in [2.05, 4.69) is 6.07 Å². The summed E-state index contributed by atoms with van der Waals surface area (Å²) in [5.74, 6) is 1.80. The van der Waals surface area contributed by atoms with Crippen molar-refractivity contribution in [2.75, 3.05) is 20.8 Å². The van der Waals surface area contributed by atoms with Crippen LogP contribution < -0.4 is 14.2 Å². The smallest absolute Gasteiger partial charge is 0.203 e. The van der Waals surface area contributed by atoms with E-state index in [9.17, 15) is 4.79 Å². The molecule has 0 atom stereocenters. The molecule has 0 bridgehead atoms. The fourth-order valence-electron chi connectivity index (χ4n) is 3.27. The van der Waals surface area contributed by atoms with E-state index >= 15 is 0 Å². The van der Waals surface area contributed by atoms with Crippen LogP contribution in [-0.4, -0.2) is 26.6 Å². The van der Waals surface area contributed by atoms with Gasteiger partial charge in [0.15, 0.2) is 17.3 Å². The lowest BCUT2D eigenvalue weighted by Gasteiger charge is -2.19. The predicted molar refractivity (Wildman–Crippen MR) is 104 cm³/mol. The minimum atomic E-state index is 0.0833. The van der Waals surface area contributed by atoms with Crippen LogP contribution in [0, 0.1) is 27.7 Å². The first-order valence-electron chi connectivity index (χ1n) is 8.82. The van der Waals surface area contributed by atoms with Gasteiger partial charge in [-0.3, -0.25) is 4.79 Å². The summed E-state index contributed by atoms with van der Waals surface area (Å²) in [4.78, 5) is 13.1. The molecular formula is C22H28O4. The standard InChI is InChI=1S/C22H28O4/c1-8-26-21-17(15(4)11-19(24-6)22(21)25-7)12-18(23)20-14(3)10-9-13(2)16(20)5/h9-11H,8,12H2,1-7H3. The zero-order chi connectivity index (χ0) is 19.4. The van der Waals surface area contributed by atoms with Gasteiger partial charge < -0.3 is 14.2 Å². The molecule has 0 radical (unpaired) electrons. The van der Waals surface area contributed by atoms with Crippen LogP contribution in [0.15, 0.2) is 18.2 Å². The van der Waals surface area contributed by atoms with Crippen molar-refractivity contribution in [1.29, 1.82) is 0 Å². The van der Waals surface area contributed by atoms with Gasteiger partial charge in [-0.2, -0.15) is 0 Å². The Morgan fingerprint density at radius 3 is 2.15 bits per heavy atom. The Balaban J connectivity index is 2.56. The lowest BCUT2D eigenvalue weighted by Crippen LogP contribution is -2.12. The fraction of sp³-hybridized carbons (Fsp3) is 0.409. The third-order valence-corrected chi connectivity index (χ3v) is 4.80. The van der Waals surface area contributed by atoms with E-state index < -0.39 is 0 Å². The fourth-order valence-corrected chi connectivity index (χ4v) is 3.27. The zero-order valence-corrected chi connectivity index (χ0v) is 16.8. The van der Waals surface area contributed by atoms with E-state index in [1.54, 1.807) is 14.2 Å². The molecule has 0 saturated heterocycles. The minimum Gasteiger partial charge on any atom is -0.493 e. The van der Waals surface area contributed by atoms with E-state index in [0.29, 0.717) is 23.9 Å². The molecule has 4 nitrogen and oxygen atoms in total. The van der Waals surface area contributed by atoms with Gasteiger partial charge in [0.25, 0.3) is 0 Å². The Kier molecular flexibility index (Phi) is 6.30. The molecule has 2 aromatic rings. The number of ketones is 1. The highest BCUT2D eigenvalue weighted by Gasteiger charge is 2.23. The van der Waals surface area contributed by atoms with E-state index in [-0.39, 0.29) is 12.2 Å². The third kappa shape index (κ3) is 3.69. The van der Waals surface area contributed by atoms with Crippen LogP contribution in [0.3, 0.4) is 0 Å². The number of hydrogen-bond donors (Lipinski definition) is 0. The van der Waals surface area contributed by atoms with Gasteiger partial charge in [0.05, 0.1) is 20.8 Å². The van der Waals surface area contributed by atoms with E-state index in [1.807, 2.05) is 46.8 Å². The van der Waals surface area contributed by atoms with E-state index in [4.69, 9.17) is 14.2 Å². The number of hydrogen-bond acceptors (Lipinski definition) is 4. The molecule has 0 amide bonds. The number of benzene rings is 2.